The van der Waals surface area contributed by atoms with Gasteiger partial charge in [-0.05, 0) is 54.4 Å². The van der Waals surface area contributed by atoms with Crippen LogP contribution in [0.1, 0.15) is 16.1 Å². The van der Waals surface area contributed by atoms with Gasteiger partial charge in [0.25, 0.3) is 5.91 Å². The fraction of sp³-hybridized carbons (Fsp3) is 0.227. The van der Waals surface area contributed by atoms with E-state index in [-0.39, 0.29) is 5.91 Å². The lowest BCUT2D eigenvalue weighted by Gasteiger charge is -2.13. The van der Waals surface area contributed by atoms with Crippen molar-refractivity contribution < 1.29 is 9.53 Å². The highest BCUT2D eigenvalue weighted by Gasteiger charge is 2.09. The molecule has 150 valence electrons. The van der Waals surface area contributed by atoms with Crippen LogP contribution in [0, 0.1) is 0 Å². The van der Waals surface area contributed by atoms with Crippen LogP contribution in [-0.2, 0) is 6.42 Å². The maximum atomic E-state index is 12.5. The van der Waals surface area contributed by atoms with E-state index in [9.17, 15) is 4.79 Å². The Bertz CT molecular complexity index is 957. The van der Waals surface area contributed by atoms with E-state index in [2.05, 4.69) is 20.6 Å². The van der Waals surface area contributed by atoms with E-state index in [1.807, 2.05) is 67.5 Å². The van der Waals surface area contributed by atoms with E-state index < -0.39 is 0 Å². The smallest absolute Gasteiger partial charge is 0.274 e. The van der Waals surface area contributed by atoms with Gasteiger partial charge >= 0.3 is 0 Å². The van der Waals surface area contributed by atoms with Gasteiger partial charge in [0.1, 0.15) is 11.4 Å². The summed E-state index contributed by atoms with van der Waals surface area (Å²) in [6.45, 7) is 0.643. The molecule has 0 spiro atoms. The molecule has 0 bridgehead atoms. The monoisotopic (exact) mass is 391 g/mol. The molecule has 0 aliphatic rings. The molecule has 1 amide bonds. The standard InChI is InChI=1S/C22H25N5O2/c1-27(2)18-9-7-17(8-10-18)25-21(28)20-12-14-24-22(26-20)23-13-11-16-5-4-6-19(15-16)29-3/h4-10,12,14-15H,11,13H2,1-3H3,(H,25,28)(H,23,24,26). The zero-order chi connectivity index (χ0) is 20.6. The van der Waals surface area contributed by atoms with Gasteiger partial charge in [0.05, 0.1) is 7.11 Å². The van der Waals surface area contributed by atoms with Gasteiger partial charge in [-0.3, -0.25) is 4.79 Å². The predicted octanol–water partition coefficient (Wildman–Crippen LogP) is 3.46. The van der Waals surface area contributed by atoms with Crippen LogP contribution in [0.3, 0.4) is 0 Å². The molecule has 0 aliphatic heterocycles. The quantitative estimate of drug-likeness (QED) is 0.612. The second-order valence-electron chi connectivity index (χ2n) is 6.69. The number of aromatic nitrogens is 2. The van der Waals surface area contributed by atoms with E-state index in [0.29, 0.717) is 23.9 Å². The Labute approximate surface area is 170 Å². The van der Waals surface area contributed by atoms with Gasteiger partial charge < -0.3 is 20.3 Å². The average Bonchev–Trinajstić information content (AvgIpc) is 2.74. The van der Waals surface area contributed by atoms with Crippen molar-refractivity contribution in [3.63, 3.8) is 0 Å². The maximum absolute atomic E-state index is 12.5. The minimum absolute atomic E-state index is 0.277. The average molecular weight is 391 g/mol. The minimum Gasteiger partial charge on any atom is -0.497 e. The lowest BCUT2D eigenvalue weighted by atomic mass is 10.1. The molecule has 7 heteroatoms. The summed E-state index contributed by atoms with van der Waals surface area (Å²) in [7, 11) is 5.59. The van der Waals surface area contributed by atoms with Crippen molar-refractivity contribution in [2.45, 2.75) is 6.42 Å². The summed E-state index contributed by atoms with van der Waals surface area (Å²) in [5, 5.41) is 6.02. The van der Waals surface area contributed by atoms with E-state index in [1.54, 1.807) is 19.4 Å². The molecule has 1 aromatic heterocycles. The first-order valence-corrected chi connectivity index (χ1v) is 9.34. The Morgan fingerprint density at radius 2 is 1.90 bits per heavy atom. The molecule has 0 saturated heterocycles. The predicted molar refractivity (Wildman–Crippen MR) is 116 cm³/mol. The number of ether oxygens (including phenoxy) is 1. The lowest BCUT2D eigenvalue weighted by Crippen LogP contribution is -2.16. The van der Waals surface area contributed by atoms with Gasteiger partial charge in [-0.2, -0.15) is 0 Å². The van der Waals surface area contributed by atoms with E-state index in [1.165, 1.54) is 0 Å². The second-order valence-corrected chi connectivity index (χ2v) is 6.69. The molecule has 3 rings (SSSR count). The van der Waals surface area contributed by atoms with Crippen LogP contribution in [0.5, 0.6) is 5.75 Å². The summed E-state index contributed by atoms with van der Waals surface area (Å²) in [5.74, 6) is 0.973. The summed E-state index contributed by atoms with van der Waals surface area (Å²) >= 11 is 0. The van der Waals surface area contributed by atoms with Gasteiger partial charge in [0, 0.05) is 38.2 Å². The number of anilines is 3. The van der Waals surface area contributed by atoms with Crippen molar-refractivity contribution in [3.05, 3.63) is 72.1 Å². The highest BCUT2D eigenvalue weighted by molar-refractivity contribution is 6.03. The molecular formula is C22H25N5O2. The van der Waals surface area contributed by atoms with Crippen LogP contribution in [-0.4, -0.2) is 43.6 Å². The number of carbonyl (C=O) groups is 1. The van der Waals surface area contributed by atoms with Crippen molar-refractivity contribution in [1.29, 1.82) is 0 Å². The van der Waals surface area contributed by atoms with Crippen molar-refractivity contribution in [1.82, 2.24) is 9.97 Å². The first-order chi connectivity index (χ1) is 14.0. The van der Waals surface area contributed by atoms with Gasteiger partial charge in [-0.15, -0.1) is 0 Å². The summed E-state index contributed by atoms with van der Waals surface area (Å²) in [6.07, 6.45) is 2.36. The second kappa shape index (κ2) is 9.54. The summed E-state index contributed by atoms with van der Waals surface area (Å²) < 4.78 is 5.24. The first-order valence-electron chi connectivity index (χ1n) is 9.34. The molecule has 0 fully saturated rings. The largest absolute Gasteiger partial charge is 0.497 e. The molecule has 2 N–H and O–H groups in total. The topological polar surface area (TPSA) is 79.4 Å². The molecule has 0 unspecified atom stereocenters. The van der Waals surface area contributed by atoms with Crippen LogP contribution in [0.2, 0.25) is 0 Å². The number of nitrogens with one attached hydrogen (secondary N) is 2. The first kappa shape index (κ1) is 20.1. The number of methoxy groups -OCH3 is 1. The Balaban J connectivity index is 1.57. The molecule has 2 aromatic carbocycles. The number of rotatable bonds is 8. The fourth-order valence-electron chi connectivity index (χ4n) is 2.75. The number of benzene rings is 2. The number of nitrogens with zero attached hydrogens (tertiary/aromatic N) is 3. The third-order valence-corrected chi connectivity index (χ3v) is 4.36. The summed E-state index contributed by atoms with van der Waals surface area (Å²) in [4.78, 5) is 23.0. The van der Waals surface area contributed by atoms with Crippen LogP contribution in [0.15, 0.2) is 60.8 Å². The molecule has 7 nitrogen and oxygen atoms in total. The molecule has 3 aromatic rings. The van der Waals surface area contributed by atoms with Crippen LogP contribution in [0.4, 0.5) is 17.3 Å². The Hall–Kier alpha value is -3.61. The zero-order valence-corrected chi connectivity index (χ0v) is 16.8. The van der Waals surface area contributed by atoms with Crippen molar-refractivity contribution in [3.8, 4) is 5.75 Å². The van der Waals surface area contributed by atoms with Gasteiger partial charge in [-0.1, -0.05) is 12.1 Å². The zero-order valence-electron chi connectivity index (χ0n) is 16.8. The number of hydrogen-bond donors (Lipinski definition) is 2. The lowest BCUT2D eigenvalue weighted by molar-refractivity contribution is 0.102. The third kappa shape index (κ3) is 5.68. The Kier molecular flexibility index (Phi) is 6.63. The fourth-order valence-corrected chi connectivity index (χ4v) is 2.75. The van der Waals surface area contributed by atoms with Crippen LogP contribution >= 0.6 is 0 Å². The van der Waals surface area contributed by atoms with E-state index >= 15 is 0 Å². The normalized spacial score (nSPS) is 10.3. The number of hydrogen-bond acceptors (Lipinski definition) is 6. The SMILES string of the molecule is COc1cccc(CCNc2nccc(C(=O)Nc3ccc(N(C)C)cc3)n2)c1. The highest BCUT2D eigenvalue weighted by Crippen LogP contribution is 2.16. The van der Waals surface area contributed by atoms with Gasteiger partial charge in [0.15, 0.2) is 0 Å². The Morgan fingerprint density at radius 1 is 1.10 bits per heavy atom. The summed E-state index contributed by atoms with van der Waals surface area (Å²) in [6, 6.07) is 17.1. The van der Waals surface area contributed by atoms with Gasteiger partial charge in [-0.25, -0.2) is 9.97 Å². The number of carbonyl (C=O) groups excluding carboxylic acids is 1. The molecule has 0 aliphatic carbocycles. The van der Waals surface area contributed by atoms with Crippen molar-refractivity contribution in [2.24, 2.45) is 0 Å². The molecule has 0 radical (unpaired) electrons. The molecular weight excluding hydrogens is 366 g/mol. The molecule has 29 heavy (non-hydrogen) atoms. The van der Waals surface area contributed by atoms with E-state index in [4.69, 9.17) is 4.74 Å². The molecule has 1 heterocycles. The van der Waals surface area contributed by atoms with Crippen molar-refractivity contribution in [2.75, 3.05) is 43.3 Å². The number of amides is 1. The van der Waals surface area contributed by atoms with Gasteiger partial charge in [0.2, 0.25) is 5.95 Å². The van der Waals surface area contributed by atoms with Crippen LogP contribution in [0.25, 0.3) is 0 Å². The van der Waals surface area contributed by atoms with E-state index in [0.717, 1.165) is 23.4 Å². The summed E-state index contributed by atoms with van der Waals surface area (Å²) in [5.41, 5.74) is 3.23. The van der Waals surface area contributed by atoms with Crippen LogP contribution < -0.4 is 20.3 Å². The Morgan fingerprint density at radius 3 is 2.62 bits per heavy atom. The third-order valence-electron chi connectivity index (χ3n) is 4.36. The maximum Gasteiger partial charge on any atom is 0.274 e. The molecule has 0 atom stereocenters. The highest BCUT2D eigenvalue weighted by atomic mass is 16.5. The van der Waals surface area contributed by atoms with Crippen molar-refractivity contribution >= 4 is 23.2 Å². The molecule has 0 saturated carbocycles. The minimum atomic E-state index is -0.277.